The van der Waals surface area contributed by atoms with Crippen LogP contribution in [0.15, 0.2) is 24.3 Å². The number of phenols is 2. The number of benzene rings is 2. The number of hydrogen-bond acceptors (Lipinski definition) is 10. The van der Waals surface area contributed by atoms with E-state index in [2.05, 4.69) is 10.6 Å². The number of carbonyl (C=O) groups is 5. The lowest BCUT2D eigenvalue weighted by Crippen LogP contribution is -2.64. The van der Waals surface area contributed by atoms with Crippen molar-refractivity contribution in [2.75, 3.05) is 19.6 Å². The van der Waals surface area contributed by atoms with Crippen molar-refractivity contribution < 1.29 is 53.4 Å². The van der Waals surface area contributed by atoms with Crippen LogP contribution in [0.25, 0.3) is 0 Å². The van der Waals surface area contributed by atoms with E-state index < -0.39 is 88.5 Å². The van der Waals surface area contributed by atoms with Crippen LogP contribution >= 0.6 is 11.6 Å². The van der Waals surface area contributed by atoms with Gasteiger partial charge in [0.25, 0.3) is 0 Å². The zero-order valence-corrected chi connectivity index (χ0v) is 23.9. The lowest BCUT2D eigenvalue weighted by Gasteiger charge is -2.39. The average Bonchev–Trinajstić information content (AvgIpc) is 2.97. The van der Waals surface area contributed by atoms with Gasteiger partial charge in [-0.1, -0.05) is 23.7 Å². The highest BCUT2D eigenvalue weighted by Crippen LogP contribution is 2.39. The summed E-state index contributed by atoms with van der Waals surface area (Å²) in [7, 11) is -1.87. The third-order valence-electron chi connectivity index (χ3n) is 7.30. The Labute approximate surface area is 254 Å². The molecule has 1 saturated heterocycles. The number of aromatic carboxylic acids is 1. The van der Waals surface area contributed by atoms with E-state index in [0.29, 0.717) is 4.90 Å². The molecule has 0 radical (unpaired) electrons. The van der Waals surface area contributed by atoms with Crippen LogP contribution in [0.3, 0.4) is 0 Å². The maximum Gasteiger partial charge on any atom is 0.547 e. The second-order valence-corrected chi connectivity index (χ2v) is 10.4. The van der Waals surface area contributed by atoms with Gasteiger partial charge < -0.3 is 46.3 Å². The molecule has 44 heavy (non-hydrogen) atoms. The highest BCUT2D eigenvalue weighted by atomic mass is 35.5. The lowest BCUT2D eigenvalue weighted by molar-refractivity contribution is -0.156. The van der Waals surface area contributed by atoms with Crippen LogP contribution in [-0.4, -0.2) is 98.6 Å². The van der Waals surface area contributed by atoms with Gasteiger partial charge in [0, 0.05) is 18.7 Å². The fraction of sp³-hybridized carbons (Fsp3) is 0.346. The molecule has 0 spiro atoms. The van der Waals surface area contributed by atoms with Crippen molar-refractivity contribution in [1.29, 1.82) is 0 Å². The number of amides is 5. The molecule has 5 amide bonds. The Balaban J connectivity index is 1.66. The molecule has 0 aromatic heterocycles. The highest BCUT2D eigenvalue weighted by molar-refractivity contribution is 6.47. The first-order valence-corrected chi connectivity index (χ1v) is 13.7. The summed E-state index contributed by atoms with van der Waals surface area (Å²) < 4.78 is 19.4. The zero-order valence-electron chi connectivity index (χ0n) is 23.1. The number of nitrogens with zero attached hydrogens (tertiary/aromatic N) is 2. The van der Waals surface area contributed by atoms with E-state index in [9.17, 15) is 48.7 Å². The molecule has 2 aromatic rings. The summed E-state index contributed by atoms with van der Waals surface area (Å²) in [5, 5.41) is 44.3. The number of nitrogens with two attached hydrogens (primary N) is 1. The molecule has 0 aliphatic carbocycles. The van der Waals surface area contributed by atoms with Crippen LogP contribution in [0.1, 0.15) is 40.9 Å². The summed E-state index contributed by atoms with van der Waals surface area (Å²) >= 11 is 6.21. The van der Waals surface area contributed by atoms with E-state index >= 15 is 0 Å². The van der Waals surface area contributed by atoms with Crippen LogP contribution in [0.5, 0.6) is 17.2 Å². The van der Waals surface area contributed by atoms with Gasteiger partial charge >= 0.3 is 30.9 Å². The van der Waals surface area contributed by atoms with Gasteiger partial charge in [-0.15, -0.1) is 0 Å². The number of nitrogens with one attached hydrogen (secondary N) is 2. The smallest absolute Gasteiger partial charge is 0.534 e. The maximum atomic E-state index is 14.1. The summed E-state index contributed by atoms with van der Waals surface area (Å²) in [5.74, 6) is -9.06. The maximum absolute atomic E-state index is 14.1. The number of fused-ring (bicyclic) bond motifs is 1. The minimum atomic E-state index is -1.87. The molecular weight excluding hydrogens is 608 g/mol. The van der Waals surface area contributed by atoms with E-state index in [0.717, 1.165) is 18.2 Å². The van der Waals surface area contributed by atoms with Gasteiger partial charge in [0.1, 0.15) is 23.2 Å². The van der Waals surface area contributed by atoms with Gasteiger partial charge in [-0.05, 0) is 44.0 Å². The normalized spacial score (nSPS) is 18.8. The van der Waals surface area contributed by atoms with E-state index in [1.165, 1.54) is 11.0 Å². The number of likely N-dealkylation sites (N-methyl/N-ethyl adjacent to an activating group) is 1. The molecule has 2 unspecified atom stereocenters. The number of carboxylic acids is 1. The predicted octanol–water partition coefficient (Wildman–Crippen LogP) is -0.113. The summed E-state index contributed by atoms with van der Waals surface area (Å²) in [6.07, 6.45) is -0.104. The van der Waals surface area contributed by atoms with Gasteiger partial charge in [-0.3, -0.25) is 19.3 Å². The molecular formula is C26H28BClFN5O10. The first-order valence-electron chi connectivity index (χ1n) is 13.3. The number of carbonyl (C=O) groups excluding carboxylic acids is 4. The molecule has 0 saturated carbocycles. The number of aromatic hydroxyl groups is 2. The van der Waals surface area contributed by atoms with E-state index in [4.69, 9.17) is 22.0 Å². The van der Waals surface area contributed by atoms with Crippen LogP contribution in [-0.2, 0) is 20.8 Å². The second kappa shape index (κ2) is 12.9. The van der Waals surface area contributed by atoms with E-state index in [-0.39, 0.29) is 43.6 Å². The SMILES string of the molecule is CCN1CC(CCN)N(C(=O)NC(C(=O)N[C@H]2Cc3ccc(F)c(C(=O)O)c3OB2O)c2ccc(O)c(O)c2Cl)C(=O)C1=O. The minimum absolute atomic E-state index is 0.00670. The Morgan fingerprint density at radius 2 is 1.91 bits per heavy atom. The lowest BCUT2D eigenvalue weighted by atomic mass is 9.72. The molecule has 2 aliphatic rings. The quantitative estimate of drug-likeness (QED) is 0.115. The Bertz CT molecular complexity index is 1530. The van der Waals surface area contributed by atoms with Crippen LogP contribution in [0.2, 0.25) is 5.02 Å². The summed E-state index contributed by atoms with van der Waals surface area (Å²) in [6, 6.07) is 0.409. The van der Waals surface area contributed by atoms with Gasteiger partial charge in [-0.2, -0.15) is 0 Å². The Morgan fingerprint density at radius 3 is 2.55 bits per heavy atom. The number of phenolic OH excluding ortho intramolecular Hbond substituents is 2. The highest BCUT2D eigenvalue weighted by Gasteiger charge is 2.44. The molecule has 15 nitrogen and oxygen atoms in total. The molecule has 2 aromatic carbocycles. The van der Waals surface area contributed by atoms with Crippen LogP contribution in [0, 0.1) is 5.82 Å². The van der Waals surface area contributed by atoms with Crippen molar-refractivity contribution in [3.63, 3.8) is 0 Å². The predicted molar refractivity (Wildman–Crippen MR) is 150 cm³/mol. The van der Waals surface area contributed by atoms with Crippen molar-refractivity contribution in [1.82, 2.24) is 20.4 Å². The Hall–Kier alpha value is -4.61. The average molecular weight is 636 g/mol. The van der Waals surface area contributed by atoms with Crippen molar-refractivity contribution in [3.8, 4) is 17.2 Å². The standard InChI is InChI=1S/C26H28BClFN5O10/c1-2-33-10-12(7-8-30)34(24(39)23(33)38)26(42)32-19(13-4-6-15(35)20(36)18(13)28)22(37)31-16-9-11-3-5-14(29)17(25(40)41)21(11)44-27(16)43/h3-6,12,16,19,35-36,43H,2,7-10,30H2,1H3,(H,31,37)(H,32,42)(H,40,41)/t12?,16-,19?/m0/s1. The number of rotatable bonds is 8. The third kappa shape index (κ3) is 6.06. The van der Waals surface area contributed by atoms with Gasteiger partial charge in [0.15, 0.2) is 11.5 Å². The molecule has 234 valence electrons. The topological polar surface area (TPSA) is 232 Å². The number of urea groups is 1. The third-order valence-corrected chi connectivity index (χ3v) is 7.70. The molecule has 18 heteroatoms. The summed E-state index contributed by atoms with van der Waals surface area (Å²) in [4.78, 5) is 66.2. The fourth-order valence-corrected chi connectivity index (χ4v) is 5.33. The Kier molecular flexibility index (Phi) is 9.51. The van der Waals surface area contributed by atoms with Crippen molar-refractivity contribution >= 4 is 48.4 Å². The molecule has 4 rings (SSSR count). The van der Waals surface area contributed by atoms with E-state index in [1.54, 1.807) is 6.92 Å². The van der Waals surface area contributed by atoms with E-state index in [1.807, 2.05) is 0 Å². The number of piperazine rings is 1. The molecule has 2 aliphatic heterocycles. The summed E-state index contributed by atoms with van der Waals surface area (Å²) in [6.45, 7) is 1.90. The molecule has 3 atom stereocenters. The fourth-order valence-electron chi connectivity index (χ4n) is 5.06. The van der Waals surface area contributed by atoms with Crippen molar-refractivity contribution in [2.45, 2.75) is 37.8 Å². The first-order chi connectivity index (χ1) is 20.8. The van der Waals surface area contributed by atoms with Gasteiger partial charge in [-0.25, -0.2) is 14.0 Å². The number of imide groups is 1. The number of hydrogen-bond donors (Lipinski definition) is 7. The van der Waals surface area contributed by atoms with Crippen LogP contribution in [0.4, 0.5) is 9.18 Å². The summed E-state index contributed by atoms with van der Waals surface area (Å²) in [5.41, 5.74) is 4.76. The molecule has 1 fully saturated rings. The number of carboxylic acid groups (broad SMARTS) is 1. The Morgan fingerprint density at radius 1 is 1.20 bits per heavy atom. The van der Waals surface area contributed by atoms with Gasteiger partial charge in [0.05, 0.1) is 17.0 Å². The van der Waals surface area contributed by atoms with Crippen molar-refractivity contribution in [2.24, 2.45) is 5.73 Å². The molecule has 0 bridgehead atoms. The first kappa shape index (κ1) is 32.3. The minimum Gasteiger partial charge on any atom is -0.534 e. The molecule has 8 N–H and O–H groups in total. The number of halogens is 2. The van der Waals surface area contributed by atoms with Gasteiger partial charge in [0.2, 0.25) is 5.91 Å². The zero-order chi connectivity index (χ0) is 32.5. The van der Waals surface area contributed by atoms with Crippen molar-refractivity contribution in [3.05, 3.63) is 51.8 Å². The molecule has 2 heterocycles. The second-order valence-electron chi connectivity index (χ2n) is 10.0. The van der Waals surface area contributed by atoms with Crippen LogP contribution < -0.4 is 21.0 Å². The largest absolute Gasteiger partial charge is 0.547 e. The monoisotopic (exact) mass is 635 g/mol.